The van der Waals surface area contributed by atoms with E-state index in [1.807, 2.05) is 13.8 Å². The molecule has 6 nitrogen and oxygen atoms in total. The van der Waals surface area contributed by atoms with E-state index in [1.165, 1.54) is 6.42 Å². The van der Waals surface area contributed by atoms with Crippen LogP contribution < -0.4 is 0 Å². The maximum absolute atomic E-state index is 12.0. The van der Waals surface area contributed by atoms with Crippen molar-refractivity contribution < 1.29 is 18.8 Å². The zero-order chi connectivity index (χ0) is 15.2. The van der Waals surface area contributed by atoms with Gasteiger partial charge in [0.1, 0.15) is 5.92 Å². The number of hydrogen-bond acceptors (Lipinski definition) is 6. The van der Waals surface area contributed by atoms with Crippen molar-refractivity contribution in [3.05, 3.63) is 11.7 Å². The van der Waals surface area contributed by atoms with Crippen molar-refractivity contribution in [1.82, 2.24) is 10.1 Å². The van der Waals surface area contributed by atoms with E-state index in [9.17, 15) is 4.79 Å². The normalized spacial score (nSPS) is 20.5. The Labute approximate surface area is 125 Å². The molecule has 6 heteroatoms. The van der Waals surface area contributed by atoms with Gasteiger partial charge in [0.25, 0.3) is 0 Å². The average molecular weight is 296 g/mol. The van der Waals surface area contributed by atoms with Crippen LogP contribution in [0.3, 0.4) is 0 Å². The van der Waals surface area contributed by atoms with Gasteiger partial charge in [-0.05, 0) is 32.1 Å². The summed E-state index contributed by atoms with van der Waals surface area (Å²) in [7, 11) is 0. The summed E-state index contributed by atoms with van der Waals surface area (Å²) in [6, 6.07) is 0. The van der Waals surface area contributed by atoms with E-state index in [4.69, 9.17) is 14.0 Å². The molecule has 1 fully saturated rings. The monoisotopic (exact) mass is 296 g/mol. The van der Waals surface area contributed by atoms with Crippen LogP contribution in [0, 0.1) is 5.92 Å². The molecule has 0 radical (unpaired) electrons. The Morgan fingerprint density at radius 2 is 2.24 bits per heavy atom. The van der Waals surface area contributed by atoms with E-state index >= 15 is 0 Å². The molecule has 0 N–H and O–H groups in total. The van der Waals surface area contributed by atoms with Crippen molar-refractivity contribution in [2.75, 3.05) is 13.2 Å². The van der Waals surface area contributed by atoms with Crippen LogP contribution in [0.1, 0.15) is 57.7 Å². The number of carbonyl (C=O) groups excluding carboxylic acids is 1. The quantitative estimate of drug-likeness (QED) is 0.751. The Bertz CT molecular complexity index is 452. The van der Waals surface area contributed by atoms with Gasteiger partial charge in [-0.15, -0.1) is 0 Å². The highest BCUT2D eigenvalue weighted by Crippen LogP contribution is 2.25. The topological polar surface area (TPSA) is 74.5 Å². The van der Waals surface area contributed by atoms with Gasteiger partial charge in [-0.1, -0.05) is 19.0 Å². The first kappa shape index (κ1) is 15.9. The highest BCUT2D eigenvalue weighted by Gasteiger charge is 2.31. The third kappa shape index (κ3) is 4.27. The maximum Gasteiger partial charge on any atom is 0.318 e. The number of hydrogen-bond donors (Lipinski definition) is 0. The van der Waals surface area contributed by atoms with Crippen molar-refractivity contribution in [3.8, 4) is 0 Å². The lowest BCUT2D eigenvalue weighted by Gasteiger charge is -2.20. The first-order valence-corrected chi connectivity index (χ1v) is 7.72. The molecule has 1 aliphatic heterocycles. The summed E-state index contributed by atoms with van der Waals surface area (Å²) in [5.41, 5.74) is 0. The van der Waals surface area contributed by atoms with E-state index in [-0.39, 0.29) is 18.0 Å². The molecule has 0 spiro atoms. The highest BCUT2D eigenvalue weighted by atomic mass is 16.5. The molecule has 1 saturated heterocycles. The standard InChI is InChI=1S/C15H24N2O4/c1-4-19-15(18)13(10(2)3)14-16-12(17-21-14)9-11-7-5-6-8-20-11/h10-11,13H,4-9H2,1-3H3. The third-order valence-electron chi connectivity index (χ3n) is 3.64. The number of aromatic nitrogens is 2. The molecule has 0 saturated carbocycles. The van der Waals surface area contributed by atoms with E-state index < -0.39 is 5.92 Å². The highest BCUT2D eigenvalue weighted by molar-refractivity contribution is 5.77. The van der Waals surface area contributed by atoms with Crippen molar-refractivity contribution in [2.24, 2.45) is 5.92 Å². The van der Waals surface area contributed by atoms with E-state index in [0.717, 1.165) is 19.4 Å². The smallest absolute Gasteiger partial charge is 0.318 e. The zero-order valence-electron chi connectivity index (χ0n) is 13.0. The van der Waals surface area contributed by atoms with Gasteiger partial charge in [-0.2, -0.15) is 4.98 Å². The van der Waals surface area contributed by atoms with Gasteiger partial charge in [0.15, 0.2) is 5.82 Å². The van der Waals surface area contributed by atoms with Crippen LogP contribution in [0.5, 0.6) is 0 Å². The van der Waals surface area contributed by atoms with Gasteiger partial charge in [-0.3, -0.25) is 4.79 Å². The average Bonchev–Trinajstić information content (AvgIpc) is 2.88. The molecule has 2 heterocycles. The van der Waals surface area contributed by atoms with Gasteiger partial charge < -0.3 is 14.0 Å². The number of esters is 1. The molecule has 0 aliphatic carbocycles. The minimum atomic E-state index is -0.501. The Kier molecular flexibility index (Phi) is 5.73. The Morgan fingerprint density at radius 1 is 1.43 bits per heavy atom. The molecule has 1 aliphatic rings. The molecule has 0 aromatic carbocycles. The summed E-state index contributed by atoms with van der Waals surface area (Å²) in [5.74, 6) is 0.180. The summed E-state index contributed by atoms with van der Waals surface area (Å²) in [5, 5.41) is 3.98. The maximum atomic E-state index is 12.0. The Balaban J connectivity index is 2.03. The van der Waals surface area contributed by atoms with Gasteiger partial charge in [0, 0.05) is 13.0 Å². The lowest BCUT2D eigenvalue weighted by Crippen LogP contribution is -2.22. The van der Waals surface area contributed by atoms with E-state index in [1.54, 1.807) is 6.92 Å². The van der Waals surface area contributed by atoms with Gasteiger partial charge in [0.05, 0.1) is 12.7 Å². The zero-order valence-corrected chi connectivity index (χ0v) is 13.0. The molecule has 118 valence electrons. The molecule has 1 aromatic rings. The second-order valence-corrected chi connectivity index (χ2v) is 5.72. The lowest BCUT2D eigenvalue weighted by molar-refractivity contribution is -0.146. The predicted octanol–water partition coefficient (Wildman–Crippen LogP) is 2.48. The summed E-state index contributed by atoms with van der Waals surface area (Å²) >= 11 is 0. The van der Waals surface area contributed by atoms with Crippen molar-refractivity contribution in [1.29, 1.82) is 0 Å². The molecule has 2 unspecified atom stereocenters. The van der Waals surface area contributed by atoms with Gasteiger partial charge >= 0.3 is 5.97 Å². The van der Waals surface area contributed by atoms with Crippen LogP contribution in [0.25, 0.3) is 0 Å². The SMILES string of the molecule is CCOC(=O)C(c1nc(CC2CCCCO2)no1)C(C)C. The predicted molar refractivity (Wildman–Crippen MR) is 75.8 cm³/mol. The van der Waals surface area contributed by atoms with Crippen LogP contribution >= 0.6 is 0 Å². The van der Waals surface area contributed by atoms with Crippen molar-refractivity contribution in [2.45, 2.75) is 58.5 Å². The lowest BCUT2D eigenvalue weighted by atomic mass is 9.96. The van der Waals surface area contributed by atoms with E-state index in [2.05, 4.69) is 10.1 Å². The summed E-state index contributed by atoms with van der Waals surface area (Å²) < 4.78 is 16.0. The minimum absolute atomic E-state index is 0.0447. The fraction of sp³-hybridized carbons (Fsp3) is 0.800. The van der Waals surface area contributed by atoms with Crippen molar-refractivity contribution in [3.63, 3.8) is 0 Å². The molecule has 0 amide bonds. The Morgan fingerprint density at radius 3 is 2.86 bits per heavy atom. The minimum Gasteiger partial charge on any atom is -0.465 e. The second kappa shape index (κ2) is 7.54. The summed E-state index contributed by atoms with van der Waals surface area (Å²) in [6.45, 7) is 6.81. The number of carbonyl (C=O) groups is 1. The van der Waals surface area contributed by atoms with E-state index in [0.29, 0.717) is 24.7 Å². The van der Waals surface area contributed by atoms with Gasteiger partial charge in [-0.25, -0.2) is 0 Å². The fourth-order valence-corrected chi connectivity index (χ4v) is 2.54. The number of nitrogens with zero attached hydrogens (tertiary/aromatic N) is 2. The van der Waals surface area contributed by atoms with Crippen LogP contribution in [0.2, 0.25) is 0 Å². The van der Waals surface area contributed by atoms with Gasteiger partial charge in [0.2, 0.25) is 5.89 Å². The first-order valence-electron chi connectivity index (χ1n) is 7.72. The molecule has 21 heavy (non-hydrogen) atoms. The second-order valence-electron chi connectivity index (χ2n) is 5.72. The fourth-order valence-electron chi connectivity index (χ4n) is 2.54. The molecular formula is C15H24N2O4. The third-order valence-corrected chi connectivity index (χ3v) is 3.64. The number of ether oxygens (including phenoxy) is 2. The first-order chi connectivity index (χ1) is 10.1. The summed E-state index contributed by atoms with van der Waals surface area (Å²) in [4.78, 5) is 16.4. The molecular weight excluding hydrogens is 272 g/mol. The molecule has 2 atom stereocenters. The number of rotatable bonds is 6. The van der Waals surface area contributed by atoms with Crippen LogP contribution in [-0.2, 0) is 20.7 Å². The van der Waals surface area contributed by atoms with Crippen LogP contribution in [0.4, 0.5) is 0 Å². The Hall–Kier alpha value is -1.43. The molecule has 2 rings (SSSR count). The van der Waals surface area contributed by atoms with Crippen molar-refractivity contribution >= 4 is 5.97 Å². The summed E-state index contributed by atoms with van der Waals surface area (Å²) in [6.07, 6.45) is 4.11. The van der Waals surface area contributed by atoms with Crippen LogP contribution in [-0.4, -0.2) is 35.4 Å². The largest absolute Gasteiger partial charge is 0.465 e. The molecule has 0 bridgehead atoms. The van der Waals surface area contributed by atoms with Crippen LogP contribution in [0.15, 0.2) is 4.52 Å². The molecule has 1 aromatic heterocycles.